The Labute approximate surface area is 189 Å². The number of carbonyl (C=O) groups is 1. The summed E-state index contributed by atoms with van der Waals surface area (Å²) in [6, 6.07) is 0. The molecule has 0 aliphatic carbocycles. The van der Waals surface area contributed by atoms with Crippen molar-refractivity contribution in [2.75, 3.05) is 26.0 Å². The topological polar surface area (TPSA) is 55.8 Å². The molecule has 1 fully saturated rings. The molecule has 7 heteroatoms. The van der Waals surface area contributed by atoms with Crippen molar-refractivity contribution in [3.8, 4) is 0 Å². The van der Waals surface area contributed by atoms with E-state index in [1.807, 2.05) is 32.6 Å². The lowest BCUT2D eigenvalue weighted by Crippen LogP contribution is -2.48. The number of nitrogens with zero attached hydrogens (tertiary/aromatic N) is 1. The molecular weight excluding hydrogens is 417 g/mol. The first-order valence-electron chi connectivity index (χ1n) is 11.1. The van der Waals surface area contributed by atoms with E-state index in [1.54, 1.807) is 18.4 Å². The zero-order chi connectivity index (χ0) is 23.6. The van der Waals surface area contributed by atoms with Crippen LogP contribution < -0.4 is 0 Å². The zero-order valence-corrected chi connectivity index (χ0v) is 23.0. The maximum atomic E-state index is 13.1. The second-order valence-electron chi connectivity index (χ2n) is 12.0. The molecule has 0 aromatic carbocycles. The minimum Gasteiger partial charge on any atom is -0.342 e. The summed E-state index contributed by atoms with van der Waals surface area (Å²) in [5.74, 6) is 0.199. The van der Waals surface area contributed by atoms with Gasteiger partial charge in [-0.05, 0) is 51.2 Å². The molecular formula is C23H46NO4PS. The highest BCUT2D eigenvalue weighted by atomic mass is 32.2. The number of hydrogen-bond acceptors (Lipinski definition) is 5. The molecule has 1 atom stereocenters. The first-order chi connectivity index (χ1) is 13.3. The number of thioether (sulfide) groups is 1. The van der Waals surface area contributed by atoms with Crippen LogP contribution >= 0.6 is 19.4 Å². The van der Waals surface area contributed by atoms with Gasteiger partial charge in [0.15, 0.2) is 0 Å². The van der Waals surface area contributed by atoms with Crippen molar-refractivity contribution in [3.05, 3.63) is 0 Å². The maximum absolute atomic E-state index is 13.1. The fourth-order valence-electron chi connectivity index (χ4n) is 4.86. The Morgan fingerprint density at radius 2 is 1.50 bits per heavy atom. The second-order valence-corrected chi connectivity index (χ2v) is 15.4. The molecule has 178 valence electrons. The molecule has 0 saturated carbocycles. The van der Waals surface area contributed by atoms with Crippen LogP contribution in [0.2, 0.25) is 0 Å². The summed E-state index contributed by atoms with van der Waals surface area (Å²) in [5, 5.41) is 0. The van der Waals surface area contributed by atoms with Crippen LogP contribution in [0.4, 0.5) is 0 Å². The molecule has 30 heavy (non-hydrogen) atoms. The normalized spacial score (nSPS) is 19.6. The quantitative estimate of drug-likeness (QED) is 0.360. The molecule has 1 aliphatic heterocycles. The Balaban J connectivity index is 2.63. The van der Waals surface area contributed by atoms with E-state index in [2.05, 4.69) is 40.9 Å². The van der Waals surface area contributed by atoms with Crippen LogP contribution in [-0.4, -0.2) is 53.3 Å². The van der Waals surface area contributed by atoms with Gasteiger partial charge in [-0.15, -0.1) is 0 Å². The molecule has 0 aromatic rings. The van der Waals surface area contributed by atoms with E-state index in [1.165, 1.54) is 0 Å². The highest BCUT2D eigenvalue weighted by Crippen LogP contribution is 2.52. The van der Waals surface area contributed by atoms with Crippen molar-refractivity contribution in [3.63, 3.8) is 0 Å². The molecule has 0 bridgehead atoms. The van der Waals surface area contributed by atoms with Crippen LogP contribution in [-0.2, 0) is 18.4 Å². The predicted octanol–water partition coefficient (Wildman–Crippen LogP) is 6.61. The molecule has 0 N–H and O–H groups in total. The Bertz CT molecular complexity index is 632. The van der Waals surface area contributed by atoms with Crippen molar-refractivity contribution < 1.29 is 18.4 Å². The van der Waals surface area contributed by atoms with Gasteiger partial charge in [0, 0.05) is 29.9 Å². The molecule has 1 rings (SSSR count). The van der Waals surface area contributed by atoms with Gasteiger partial charge in [0.2, 0.25) is 5.91 Å². The molecule has 5 nitrogen and oxygen atoms in total. The van der Waals surface area contributed by atoms with Crippen LogP contribution in [0.3, 0.4) is 0 Å². The Morgan fingerprint density at radius 3 is 1.93 bits per heavy atom. The van der Waals surface area contributed by atoms with Crippen LogP contribution in [0.25, 0.3) is 0 Å². The molecule has 0 radical (unpaired) electrons. The SMILES string of the molecule is CSC(C)(C)CC(C)(C)C(=O)N1CCC(OP(C)(=O)OC(C)(C)CC(C)(C)C)CC1. The van der Waals surface area contributed by atoms with Crippen LogP contribution in [0, 0.1) is 10.8 Å². The number of amides is 1. The standard InChI is InChI=1S/C23H46NO4PS/c1-20(2,3)16-22(6,7)28-29(10,26)27-18-12-14-24(15-13-18)19(25)21(4,5)17-23(8,9)30-11/h18H,12-17H2,1-11H3. The summed E-state index contributed by atoms with van der Waals surface area (Å²) >= 11 is 1.80. The maximum Gasteiger partial charge on any atom is 0.328 e. The van der Waals surface area contributed by atoms with Gasteiger partial charge in [-0.25, -0.2) is 0 Å². The summed E-state index contributed by atoms with van der Waals surface area (Å²) < 4.78 is 25.0. The lowest BCUT2D eigenvalue weighted by atomic mass is 9.81. The summed E-state index contributed by atoms with van der Waals surface area (Å²) in [7, 11) is -3.18. The molecule has 1 unspecified atom stereocenters. The third kappa shape index (κ3) is 9.63. The zero-order valence-electron chi connectivity index (χ0n) is 21.3. The van der Waals surface area contributed by atoms with Crippen LogP contribution in [0.1, 0.15) is 88.0 Å². The van der Waals surface area contributed by atoms with Gasteiger partial charge in [-0.3, -0.25) is 9.36 Å². The lowest BCUT2D eigenvalue weighted by Gasteiger charge is -2.40. The van der Waals surface area contributed by atoms with E-state index >= 15 is 0 Å². The van der Waals surface area contributed by atoms with E-state index in [-0.39, 0.29) is 22.2 Å². The average Bonchev–Trinajstić information content (AvgIpc) is 2.50. The van der Waals surface area contributed by atoms with Crippen LogP contribution in [0.5, 0.6) is 0 Å². The van der Waals surface area contributed by atoms with Gasteiger partial charge in [0.05, 0.1) is 11.7 Å². The Morgan fingerprint density at radius 1 is 1.00 bits per heavy atom. The highest BCUT2D eigenvalue weighted by molar-refractivity contribution is 7.99. The van der Waals surface area contributed by atoms with Gasteiger partial charge in [0.25, 0.3) is 0 Å². The summed E-state index contributed by atoms with van der Waals surface area (Å²) in [5.41, 5.74) is -0.847. The first kappa shape index (κ1) is 28.0. The predicted molar refractivity (Wildman–Crippen MR) is 129 cm³/mol. The summed E-state index contributed by atoms with van der Waals surface area (Å²) in [4.78, 5) is 15.1. The van der Waals surface area contributed by atoms with Gasteiger partial charge in [-0.1, -0.05) is 48.5 Å². The number of hydrogen-bond donors (Lipinski definition) is 0. The highest BCUT2D eigenvalue weighted by Gasteiger charge is 2.40. The number of likely N-dealkylation sites (tertiary alicyclic amines) is 1. The van der Waals surface area contributed by atoms with Crippen molar-refractivity contribution >= 4 is 25.3 Å². The van der Waals surface area contributed by atoms with Crippen molar-refractivity contribution in [2.24, 2.45) is 10.8 Å². The van der Waals surface area contributed by atoms with E-state index < -0.39 is 18.6 Å². The number of piperidine rings is 1. The summed E-state index contributed by atoms with van der Waals surface area (Å²) in [6.07, 6.45) is 4.95. The largest absolute Gasteiger partial charge is 0.342 e. The van der Waals surface area contributed by atoms with Gasteiger partial charge >= 0.3 is 7.60 Å². The monoisotopic (exact) mass is 463 g/mol. The minimum atomic E-state index is -3.18. The number of carbonyl (C=O) groups excluding carboxylic acids is 1. The van der Waals surface area contributed by atoms with E-state index in [0.29, 0.717) is 25.9 Å². The van der Waals surface area contributed by atoms with Crippen LogP contribution in [0.15, 0.2) is 0 Å². The third-order valence-electron chi connectivity index (χ3n) is 5.44. The fraction of sp³-hybridized carbons (Fsp3) is 0.957. The Kier molecular flexibility index (Phi) is 9.19. The van der Waals surface area contributed by atoms with Crippen molar-refractivity contribution in [1.82, 2.24) is 4.90 Å². The molecule has 1 saturated heterocycles. The van der Waals surface area contributed by atoms with Gasteiger partial charge in [0.1, 0.15) is 0 Å². The van der Waals surface area contributed by atoms with Crippen molar-refractivity contribution in [1.29, 1.82) is 0 Å². The second kappa shape index (κ2) is 9.85. The molecule has 1 amide bonds. The van der Waals surface area contributed by atoms with Crippen molar-refractivity contribution in [2.45, 2.75) is 104 Å². The third-order valence-corrected chi connectivity index (χ3v) is 8.19. The minimum absolute atomic E-state index is 0.0621. The van der Waals surface area contributed by atoms with E-state index in [4.69, 9.17) is 9.05 Å². The number of rotatable bonds is 9. The average molecular weight is 464 g/mol. The molecule has 0 spiro atoms. The molecule has 1 heterocycles. The smallest absolute Gasteiger partial charge is 0.328 e. The fourth-order valence-corrected chi connectivity index (χ4v) is 7.12. The molecule has 0 aromatic heterocycles. The van der Waals surface area contributed by atoms with E-state index in [9.17, 15) is 9.36 Å². The van der Waals surface area contributed by atoms with Gasteiger partial charge < -0.3 is 13.9 Å². The van der Waals surface area contributed by atoms with Gasteiger partial charge in [-0.2, -0.15) is 11.8 Å². The first-order valence-corrected chi connectivity index (χ1v) is 14.3. The Hall–Kier alpha value is -0.0300. The lowest BCUT2D eigenvalue weighted by molar-refractivity contribution is -0.143. The summed E-state index contributed by atoms with van der Waals surface area (Å²) in [6.45, 7) is 21.7. The molecule has 1 aliphatic rings. The van der Waals surface area contributed by atoms with E-state index in [0.717, 1.165) is 12.8 Å².